The second-order valence-corrected chi connectivity index (χ2v) is 7.67. The molecule has 0 radical (unpaired) electrons. The lowest BCUT2D eigenvalue weighted by atomic mass is 9.96. The molecule has 1 aliphatic heterocycles. The SMILES string of the molecule is COc1cc2nnc(C(N)=O)c(Nc3ccc(C)cc3F)c2cc1C1=CCN(C(=O)O)CC1. The predicted molar refractivity (Wildman–Crippen MR) is 121 cm³/mol. The van der Waals surface area contributed by atoms with E-state index >= 15 is 0 Å². The van der Waals surface area contributed by atoms with E-state index in [-0.39, 0.29) is 23.6 Å². The van der Waals surface area contributed by atoms with Gasteiger partial charge >= 0.3 is 6.09 Å². The van der Waals surface area contributed by atoms with Crippen molar-refractivity contribution in [2.75, 3.05) is 25.5 Å². The molecule has 3 aromatic rings. The van der Waals surface area contributed by atoms with E-state index in [4.69, 9.17) is 10.5 Å². The van der Waals surface area contributed by atoms with E-state index in [9.17, 15) is 19.1 Å². The van der Waals surface area contributed by atoms with Crippen LogP contribution < -0.4 is 15.8 Å². The molecule has 0 bridgehead atoms. The van der Waals surface area contributed by atoms with E-state index in [0.29, 0.717) is 35.2 Å². The van der Waals surface area contributed by atoms with Crippen molar-refractivity contribution in [2.45, 2.75) is 13.3 Å². The average molecular weight is 451 g/mol. The summed E-state index contributed by atoms with van der Waals surface area (Å²) in [5, 5.41) is 20.7. The third-order valence-electron chi connectivity index (χ3n) is 5.52. The molecule has 2 heterocycles. The number of nitrogens with two attached hydrogens (primary N) is 1. The van der Waals surface area contributed by atoms with Gasteiger partial charge in [-0.15, -0.1) is 10.2 Å². The molecule has 0 spiro atoms. The Bertz CT molecular complexity index is 1310. The number of carboxylic acid groups (broad SMARTS) is 1. The molecule has 0 saturated carbocycles. The van der Waals surface area contributed by atoms with Gasteiger partial charge in [-0.1, -0.05) is 12.1 Å². The van der Waals surface area contributed by atoms with E-state index in [1.807, 2.05) is 6.08 Å². The maximum Gasteiger partial charge on any atom is 0.407 e. The van der Waals surface area contributed by atoms with Crippen LogP contribution in [0.15, 0.2) is 36.4 Å². The highest BCUT2D eigenvalue weighted by Gasteiger charge is 2.22. The Balaban J connectivity index is 1.88. The number of benzene rings is 2. The summed E-state index contributed by atoms with van der Waals surface area (Å²) in [5.74, 6) is -0.787. The number of hydrogen-bond donors (Lipinski definition) is 3. The van der Waals surface area contributed by atoms with E-state index in [1.165, 1.54) is 18.1 Å². The van der Waals surface area contributed by atoms with Crippen LogP contribution in [0.1, 0.15) is 28.0 Å². The zero-order valence-electron chi connectivity index (χ0n) is 18.1. The van der Waals surface area contributed by atoms with Gasteiger partial charge in [-0.05, 0) is 42.7 Å². The van der Waals surface area contributed by atoms with Crippen LogP contribution >= 0.6 is 0 Å². The lowest BCUT2D eigenvalue weighted by Gasteiger charge is -2.25. The second kappa shape index (κ2) is 8.73. The first-order valence-electron chi connectivity index (χ1n) is 10.2. The van der Waals surface area contributed by atoms with Crippen molar-refractivity contribution < 1.29 is 23.8 Å². The van der Waals surface area contributed by atoms with Crippen molar-refractivity contribution >= 4 is 39.9 Å². The molecule has 33 heavy (non-hydrogen) atoms. The summed E-state index contributed by atoms with van der Waals surface area (Å²) in [5.41, 5.74) is 8.54. The highest BCUT2D eigenvalue weighted by molar-refractivity contribution is 6.07. The molecule has 0 fully saturated rings. The lowest BCUT2D eigenvalue weighted by Crippen LogP contribution is -2.33. The number of aryl methyl sites for hydroxylation is 1. The van der Waals surface area contributed by atoms with Crippen molar-refractivity contribution in [3.8, 4) is 5.75 Å². The van der Waals surface area contributed by atoms with Crippen molar-refractivity contribution in [3.05, 3.63) is 59.0 Å². The van der Waals surface area contributed by atoms with Crippen LogP contribution in [-0.4, -0.2) is 52.4 Å². The normalized spacial score (nSPS) is 13.5. The van der Waals surface area contributed by atoms with Crippen LogP contribution in [0, 0.1) is 12.7 Å². The van der Waals surface area contributed by atoms with E-state index in [1.54, 1.807) is 31.2 Å². The molecule has 4 N–H and O–H groups in total. The maximum absolute atomic E-state index is 14.6. The number of ether oxygens (including phenoxy) is 1. The van der Waals surface area contributed by atoms with Gasteiger partial charge in [0.05, 0.1) is 24.0 Å². The van der Waals surface area contributed by atoms with Gasteiger partial charge in [0.1, 0.15) is 11.6 Å². The number of carbonyl (C=O) groups excluding carboxylic acids is 1. The summed E-state index contributed by atoms with van der Waals surface area (Å²) in [6.45, 7) is 2.35. The van der Waals surface area contributed by atoms with Crippen LogP contribution in [0.25, 0.3) is 16.5 Å². The molecular weight excluding hydrogens is 429 g/mol. The summed E-state index contributed by atoms with van der Waals surface area (Å²) in [6, 6.07) is 8.12. The fourth-order valence-electron chi connectivity index (χ4n) is 3.80. The number of rotatable bonds is 5. The zero-order chi connectivity index (χ0) is 23.7. The molecule has 4 rings (SSSR count). The number of nitrogens with zero attached hydrogens (tertiary/aromatic N) is 3. The van der Waals surface area contributed by atoms with Crippen LogP contribution in [0.4, 0.5) is 20.6 Å². The lowest BCUT2D eigenvalue weighted by molar-refractivity contribution is 0.0995. The molecule has 170 valence electrons. The van der Waals surface area contributed by atoms with Crippen LogP contribution in [0.2, 0.25) is 0 Å². The number of anilines is 2. The van der Waals surface area contributed by atoms with Gasteiger partial charge in [0.2, 0.25) is 0 Å². The minimum Gasteiger partial charge on any atom is -0.496 e. The van der Waals surface area contributed by atoms with Crippen molar-refractivity contribution in [3.63, 3.8) is 0 Å². The molecule has 2 aromatic carbocycles. The first-order valence-corrected chi connectivity index (χ1v) is 10.2. The van der Waals surface area contributed by atoms with E-state index < -0.39 is 17.8 Å². The second-order valence-electron chi connectivity index (χ2n) is 7.67. The summed E-state index contributed by atoms with van der Waals surface area (Å²) in [6.07, 6.45) is 1.31. The Morgan fingerprint density at radius 2 is 2.03 bits per heavy atom. The van der Waals surface area contributed by atoms with Gasteiger partial charge in [0.15, 0.2) is 5.69 Å². The molecule has 9 nitrogen and oxygen atoms in total. The van der Waals surface area contributed by atoms with Crippen LogP contribution in [-0.2, 0) is 0 Å². The number of carbonyl (C=O) groups is 2. The van der Waals surface area contributed by atoms with Crippen LogP contribution in [0.3, 0.4) is 0 Å². The molecule has 0 saturated heterocycles. The van der Waals surface area contributed by atoms with Crippen molar-refractivity contribution in [1.29, 1.82) is 0 Å². The molecule has 2 amide bonds. The fourth-order valence-corrected chi connectivity index (χ4v) is 3.80. The van der Waals surface area contributed by atoms with Gasteiger partial charge in [0.25, 0.3) is 5.91 Å². The minimum absolute atomic E-state index is 0.131. The number of hydrogen-bond acceptors (Lipinski definition) is 6. The molecular formula is C23H22FN5O4. The predicted octanol–water partition coefficient (Wildman–Crippen LogP) is 3.70. The van der Waals surface area contributed by atoms with Gasteiger partial charge in [-0.2, -0.15) is 0 Å². The Morgan fingerprint density at radius 1 is 1.24 bits per heavy atom. The zero-order valence-corrected chi connectivity index (χ0v) is 18.1. The standard InChI is InChI=1S/C23H22FN5O4/c1-12-3-4-17(16(24)9-12)26-20-15-10-14(13-5-7-29(8-6-13)23(31)32)19(33-2)11-18(15)27-28-21(20)22(25)30/h3-5,9-11H,6-8H2,1-2H3,(H2,25,30)(H,26,27)(H,31,32). The van der Waals surface area contributed by atoms with Gasteiger partial charge in [-0.25, -0.2) is 9.18 Å². The molecule has 0 unspecified atom stereocenters. The number of nitrogens with one attached hydrogen (secondary N) is 1. The number of amides is 2. The average Bonchev–Trinajstić information content (AvgIpc) is 2.79. The van der Waals surface area contributed by atoms with Crippen molar-refractivity contribution in [2.24, 2.45) is 5.73 Å². The van der Waals surface area contributed by atoms with Crippen LogP contribution in [0.5, 0.6) is 5.75 Å². The Hall–Kier alpha value is -4.21. The molecule has 0 aliphatic carbocycles. The highest BCUT2D eigenvalue weighted by atomic mass is 19.1. The van der Waals surface area contributed by atoms with E-state index in [0.717, 1.165) is 11.1 Å². The topological polar surface area (TPSA) is 131 Å². The number of aromatic nitrogens is 2. The Morgan fingerprint density at radius 3 is 2.64 bits per heavy atom. The maximum atomic E-state index is 14.6. The summed E-state index contributed by atoms with van der Waals surface area (Å²) >= 11 is 0. The Labute approximate surface area is 188 Å². The summed E-state index contributed by atoms with van der Waals surface area (Å²) in [7, 11) is 1.52. The molecule has 0 atom stereocenters. The fraction of sp³-hybridized carbons (Fsp3) is 0.217. The first kappa shape index (κ1) is 22.0. The molecule has 1 aliphatic rings. The quantitative estimate of drug-likeness (QED) is 0.539. The van der Waals surface area contributed by atoms with Crippen molar-refractivity contribution in [1.82, 2.24) is 15.1 Å². The number of methoxy groups -OCH3 is 1. The van der Waals surface area contributed by atoms with Gasteiger partial charge in [-0.3, -0.25) is 4.79 Å². The smallest absolute Gasteiger partial charge is 0.407 e. The monoisotopic (exact) mass is 451 g/mol. The van der Waals surface area contributed by atoms with Gasteiger partial charge < -0.3 is 25.8 Å². The largest absolute Gasteiger partial charge is 0.496 e. The molecule has 1 aromatic heterocycles. The number of primary amides is 1. The first-order chi connectivity index (χ1) is 15.8. The third-order valence-corrected chi connectivity index (χ3v) is 5.52. The number of halogens is 1. The Kier molecular flexibility index (Phi) is 5.82. The summed E-state index contributed by atoms with van der Waals surface area (Å²) < 4.78 is 20.1. The molecule has 10 heteroatoms. The van der Waals surface area contributed by atoms with Gasteiger partial charge in [0, 0.05) is 30.1 Å². The van der Waals surface area contributed by atoms with E-state index in [2.05, 4.69) is 15.5 Å². The highest BCUT2D eigenvalue weighted by Crippen LogP contribution is 2.37. The third kappa shape index (κ3) is 4.27. The summed E-state index contributed by atoms with van der Waals surface area (Å²) in [4.78, 5) is 24.6. The minimum atomic E-state index is -0.983. The number of fused-ring (bicyclic) bond motifs is 1.